The highest BCUT2D eigenvalue weighted by Crippen LogP contribution is 2.24. The highest BCUT2D eigenvalue weighted by Gasteiger charge is 2.22. The average Bonchev–Trinajstić information content (AvgIpc) is 2.56. The molecule has 2 saturated heterocycles. The lowest BCUT2D eigenvalue weighted by molar-refractivity contribution is 0.112. The van der Waals surface area contributed by atoms with Crippen LogP contribution in [0.4, 0.5) is 5.69 Å². The second-order valence-corrected chi connectivity index (χ2v) is 6.19. The number of carbonyl (C=O) groups is 1. The minimum Gasteiger partial charge on any atom is -0.371 e. The van der Waals surface area contributed by atoms with E-state index in [9.17, 15) is 4.79 Å². The number of hydrogen-bond acceptors (Lipinski definition) is 4. The third-order valence-electron chi connectivity index (χ3n) is 4.71. The Balaban J connectivity index is 1.51. The van der Waals surface area contributed by atoms with E-state index >= 15 is 0 Å². The number of carbonyl (C=O) groups excluding carboxylic acids is 1. The van der Waals surface area contributed by atoms with Gasteiger partial charge in [-0.05, 0) is 30.9 Å². The van der Waals surface area contributed by atoms with Gasteiger partial charge < -0.3 is 15.1 Å². The van der Waals surface area contributed by atoms with Crippen LogP contribution in [0.15, 0.2) is 24.3 Å². The van der Waals surface area contributed by atoms with Gasteiger partial charge in [-0.2, -0.15) is 0 Å². The van der Waals surface area contributed by atoms with Gasteiger partial charge in [-0.25, -0.2) is 0 Å². The van der Waals surface area contributed by atoms with E-state index in [0.717, 1.165) is 43.9 Å². The number of piperidine rings is 1. The Hall–Kier alpha value is -1.39. The minimum atomic E-state index is 0.774. The van der Waals surface area contributed by atoms with E-state index in [4.69, 9.17) is 0 Å². The molecule has 0 spiro atoms. The van der Waals surface area contributed by atoms with Gasteiger partial charge in [0.15, 0.2) is 0 Å². The van der Waals surface area contributed by atoms with Crippen LogP contribution < -0.4 is 10.2 Å². The maximum Gasteiger partial charge on any atom is 0.150 e. The molecule has 1 aromatic rings. The van der Waals surface area contributed by atoms with E-state index in [-0.39, 0.29) is 0 Å². The summed E-state index contributed by atoms with van der Waals surface area (Å²) in [5, 5.41) is 3.41. The zero-order valence-electron chi connectivity index (χ0n) is 12.6. The van der Waals surface area contributed by atoms with Crippen molar-refractivity contribution in [2.24, 2.45) is 5.92 Å². The van der Waals surface area contributed by atoms with Gasteiger partial charge in [0.05, 0.1) is 0 Å². The molecule has 1 N–H and O–H groups in total. The van der Waals surface area contributed by atoms with Crippen molar-refractivity contribution in [1.82, 2.24) is 10.2 Å². The van der Waals surface area contributed by atoms with E-state index in [1.807, 2.05) is 18.2 Å². The number of hydrogen-bond donors (Lipinski definition) is 1. The van der Waals surface area contributed by atoms with Crippen LogP contribution in [0.5, 0.6) is 0 Å². The van der Waals surface area contributed by atoms with Crippen molar-refractivity contribution >= 4 is 12.0 Å². The Morgan fingerprint density at radius 2 is 1.90 bits per heavy atom. The quantitative estimate of drug-likeness (QED) is 0.854. The molecule has 0 atom stereocenters. The molecule has 1 aromatic carbocycles. The van der Waals surface area contributed by atoms with Gasteiger partial charge in [-0.15, -0.1) is 0 Å². The Morgan fingerprint density at radius 3 is 2.62 bits per heavy atom. The molecule has 2 heterocycles. The highest BCUT2D eigenvalue weighted by atomic mass is 16.1. The van der Waals surface area contributed by atoms with E-state index < -0.39 is 0 Å². The van der Waals surface area contributed by atoms with E-state index in [1.54, 1.807) is 0 Å². The van der Waals surface area contributed by atoms with Gasteiger partial charge in [-0.1, -0.05) is 12.1 Å². The summed E-state index contributed by atoms with van der Waals surface area (Å²) in [5.74, 6) is 0.827. The standard InChI is InChI=1S/C17H25N3O/c21-14-16-2-1-3-17(12-16)20-8-4-15(5-9-20)13-19-10-6-18-7-11-19/h1-3,12,14-15,18H,4-11,13H2. The van der Waals surface area contributed by atoms with Gasteiger partial charge in [0, 0.05) is 57.1 Å². The summed E-state index contributed by atoms with van der Waals surface area (Å²) in [4.78, 5) is 15.9. The van der Waals surface area contributed by atoms with Gasteiger partial charge in [0.2, 0.25) is 0 Å². The fourth-order valence-electron chi connectivity index (χ4n) is 3.43. The van der Waals surface area contributed by atoms with Crippen LogP contribution in [0, 0.1) is 5.92 Å². The zero-order chi connectivity index (χ0) is 14.5. The fourth-order valence-corrected chi connectivity index (χ4v) is 3.43. The smallest absolute Gasteiger partial charge is 0.150 e. The Kier molecular flexibility index (Phi) is 4.88. The number of rotatable bonds is 4. The number of benzene rings is 1. The van der Waals surface area contributed by atoms with Crippen LogP contribution >= 0.6 is 0 Å². The largest absolute Gasteiger partial charge is 0.371 e. The maximum absolute atomic E-state index is 10.9. The molecule has 3 rings (SSSR count). The first-order valence-electron chi connectivity index (χ1n) is 8.08. The molecule has 2 fully saturated rings. The summed E-state index contributed by atoms with van der Waals surface area (Å²) >= 11 is 0. The summed E-state index contributed by atoms with van der Waals surface area (Å²) in [6, 6.07) is 7.97. The van der Waals surface area contributed by atoms with Crippen molar-refractivity contribution < 1.29 is 4.79 Å². The van der Waals surface area contributed by atoms with Crippen LogP contribution in [-0.2, 0) is 0 Å². The first-order chi connectivity index (χ1) is 10.3. The molecule has 114 valence electrons. The Labute approximate surface area is 127 Å². The monoisotopic (exact) mass is 287 g/mol. The molecule has 0 aromatic heterocycles. The van der Waals surface area contributed by atoms with Crippen LogP contribution in [0.1, 0.15) is 23.2 Å². The Bertz CT molecular complexity index is 463. The molecular formula is C17H25N3O. The zero-order valence-corrected chi connectivity index (χ0v) is 12.6. The van der Waals surface area contributed by atoms with Gasteiger partial charge >= 0.3 is 0 Å². The summed E-state index contributed by atoms with van der Waals surface area (Å²) in [6.07, 6.45) is 3.45. The molecule has 4 heteroatoms. The normalized spacial score (nSPS) is 21.4. The first kappa shape index (κ1) is 14.5. The van der Waals surface area contributed by atoms with E-state index in [2.05, 4.69) is 21.2 Å². The number of nitrogens with one attached hydrogen (secondary N) is 1. The molecule has 0 amide bonds. The maximum atomic E-state index is 10.9. The van der Waals surface area contributed by atoms with Gasteiger partial charge in [-0.3, -0.25) is 4.79 Å². The molecule has 2 aliphatic heterocycles. The highest BCUT2D eigenvalue weighted by molar-refractivity contribution is 5.77. The van der Waals surface area contributed by atoms with Crippen LogP contribution in [0.25, 0.3) is 0 Å². The SMILES string of the molecule is O=Cc1cccc(N2CCC(CN3CCNCC3)CC2)c1. The molecule has 0 aliphatic carbocycles. The topological polar surface area (TPSA) is 35.6 Å². The molecular weight excluding hydrogens is 262 g/mol. The molecule has 0 radical (unpaired) electrons. The summed E-state index contributed by atoms with van der Waals surface area (Å²) in [5.41, 5.74) is 1.97. The summed E-state index contributed by atoms with van der Waals surface area (Å²) < 4.78 is 0. The number of anilines is 1. The molecule has 0 unspecified atom stereocenters. The number of aldehydes is 1. The third-order valence-corrected chi connectivity index (χ3v) is 4.71. The molecule has 4 nitrogen and oxygen atoms in total. The minimum absolute atomic E-state index is 0.774. The van der Waals surface area contributed by atoms with Crippen LogP contribution in [0.3, 0.4) is 0 Å². The summed E-state index contributed by atoms with van der Waals surface area (Å²) in [6.45, 7) is 8.14. The van der Waals surface area contributed by atoms with Crippen molar-refractivity contribution in [3.05, 3.63) is 29.8 Å². The fraction of sp³-hybridized carbons (Fsp3) is 0.588. The number of nitrogens with zero attached hydrogens (tertiary/aromatic N) is 2. The lowest BCUT2D eigenvalue weighted by Crippen LogP contribution is -2.46. The predicted octanol–water partition coefficient (Wildman–Crippen LogP) is 1.62. The van der Waals surface area contributed by atoms with Gasteiger partial charge in [0.1, 0.15) is 6.29 Å². The predicted molar refractivity (Wildman–Crippen MR) is 86.1 cm³/mol. The van der Waals surface area contributed by atoms with E-state index in [1.165, 1.54) is 38.2 Å². The van der Waals surface area contributed by atoms with Crippen LogP contribution in [0.2, 0.25) is 0 Å². The second-order valence-electron chi connectivity index (χ2n) is 6.19. The van der Waals surface area contributed by atoms with Gasteiger partial charge in [0.25, 0.3) is 0 Å². The van der Waals surface area contributed by atoms with Crippen LogP contribution in [-0.4, -0.2) is 57.0 Å². The average molecular weight is 287 g/mol. The molecule has 0 bridgehead atoms. The Morgan fingerprint density at radius 1 is 1.14 bits per heavy atom. The molecule has 21 heavy (non-hydrogen) atoms. The third kappa shape index (κ3) is 3.83. The van der Waals surface area contributed by atoms with Crippen molar-refractivity contribution in [3.8, 4) is 0 Å². The van der Waals surface area contributed by atoms with Crippen molar-refractivity contribution in [1.29, 1.82) is 0 Å². The first-order valence-corrected chi connectivity index (χ1v) is 8.08. The van der Waals surface area contributed by atoms with E-state index in [0.29, 0.717) is 0 Å². The summed E-state index contributed by atoms with van der Waals surface area (Å²) in [7, 11) is 0. The second kappa shape index (κ2) is 7.05. The van der Waals surface area contributed by atoms with Crippen molar-refractivity contribution in [3.63, 3.8) is 0 Å². The number of piperazine rings is 1. The van der Waals surface area contributed by atoms with Crippen molar-refractivity contribution in [2.45, 2.75) is 12.8 Å². The lowest BCUT2D eigenvalue weighted by atomic mass is 9.95. The molecule has 0 saturated carbocycles. The van der Waals surface area contributed by atoms with Crippen molar-refractivity contribution in [2.75, 3.05) is 50.7 Å². The molecule has 2 aliphatic rings. The lowest BCUT2D eigenvalue weighted by Gasteiger charge is -2.37.